The van der Waals surface area contributed by atoms with Crippen molar-refractivity contribution < 1.29 is 9.59 Å². The van der Waals surface area contributed by atoms with Gasteiger partial charge in [-0.3, -0.25) is 9.59 Å². The molecule has 2 amide bonds. The van der Waals surface area contributed by atoms with Gasteiger partial charge >= 0.3 is 0 Å². The average molecular weight is 271 g/mol. The number of nitriles is 1. The van der Waals surface area contributed by atoms with Crippen LogP contribution >= 0.6 is 0 Å². The number of carbonyl (C=O) groups is 2. The molecule has 0 radical (unpaired) electrons. The number of benzene rings is 1. The third-order valence-corrected chi connectivity index (χ3v) is 3.18. The van der Waals surface area contributed by atoms with Crippen molar-refractivity contribution in [2.24, 2.45) is 11.8 Å². The van der Waals surface area contributed by atoms with Crippen molar-refractivity contribution in [1.82, 2.24) is 5.32 Å². The zero-order valence-corrected chi connectivity index (χ0v) is 11.5. The van der Waals surface area contributed by atoms with Crippen LogP contribution in [0.15, 0.2) is 24.3 Å². The van der Waals surface area contributed by atoms with Crippen molar-refractivity contribution >= 4 is 17.5 Å². The lowest BCUT2D eigenvalue weighted by Gasteiger charge is -2.08. The second-order valence-corrected chi connectivity index (χ2v) is 5.29. The van der Waals surface area contributed by atoms with Crippen LogP contribution in [0.5, 0.6) is 0 Å². The first kappa shape index (κ1) is 14.1. The van der Waals surface area contributed by atoms with E-state index in [4.69, 9.17) is 5.26 Å². The highest BCUT2D eigenvalue weighted by Gasteiger charge is 2.48. The summed E-state index contributed by atoms with van der Waals surface area (Å²) in [5.74, 6) is -0.654. The largest absolute Gasteiger partial charge is 0.354 e. The SMILES string of the molecule is CC(C)NC(=O)C1CC1C(=O)Nc1ccc(C#N)cc1. The van der Waals surface area contributed by atoms with Crippen LogP contribution in [-0.4, -0.2) is 17.9 Å². The summed E-state index contributed by atoms with van der Waals surface area (Å²) in [6, 6.07) is 8.76. The van der Waals surface area contributed by atoms with Crippen LogP contribution in [0, 0.1) is 23.2 Å². The Morgan fingerprint density at radius 3 is 2.35 bits per heavy atom. The van der Waals surface area contributed by atoms with Crippen molar-refractivity contribution in [2.75, 3.05) is 5.32 Å². The normalized spacial score (nSPS) is 20.1. The molecule has 0 saturated heterocycles. The molecule has 0 spiro atoms. The summed E-state index contributed by atoms with van der Waals surface area (Å²) >= 11 is 0. The molecule has 0 heterocycles. The number of rotatable bonds is 4. The van der Waals surface area contributed by atoms with Gasteiger partial charge in [0.05, 0.1) is 23.5 Å². The minimum Gasteiger partial charge on any atom is -0.354 e. The molecule has 5 heteroatoms. The van der Waals surface area contributed by atoms with E-state index in [0.717, 1.165) is 0 Å². The molecule has 20 heavy (non-hydrogen) atoms. The third kappa shape index (κ3) is 3.35. The van der Waals surface area contributed by atoms with Crippen molar-refractivity contribution in [3.05, 3.63) is 29.8 Å². The molecule has 2 unspecified atom stereocenters. The van der Waals surface area contributed by atoms with Crippen molar-refractivity contribution in [3.8, 4) is 6.07 Å². The van der Waals surface area contributed by atoms with E-state index in [0.29, 0.717) is 17.7 Å². The van der Waals surface area contributed by atoms with Crippen LogP contribution < -0.4 is 10.6 Å². The van der Waals surface area contributed by atoms with Crippen molar-refractivity contribution in [3.63, 3.8) is 0 Å². The summed E-state index contributed by atoms with van der Waals surface area (Å²) in [5.41, 5.74) is 1.19. The highest BCUT2D eigenvalue weighted by Crippen LogP contribution is 2.39. The number of hydrogen-bond donors (Lipinski definition) is 2. The summed E-state index contributed by atoms with van der Waals surface area (Å²) in [6.45, 7) is 3.79. The van der Waals surface area contributed by atoms with Gasteiger partial charge in [-0.2, -0.15) is 5.26 Å². The molecule has 2 atom stereocenters. The van der Waals surface area contributed by atoms with Gasteiger partial charge in [-0.15, -0.1) is 0 Å². The van der Waals surface area contributed by atoms with Crippen molar-refractivity contribution in [1.29, 1.82) is 5.26 Å². The van der Waals surface area contributed by atoms with Gasteiger partial charge in [0, 0.05) is 11.7 Å². The van der Waals surface area contributed by atoms with E-state index in [1.165, 1.54) is 0 Å². The smallest absolute Gasteiger partial charge is 0.228 e. The van der Waals surface area contributed by atoms with Crippen LogP contribution in [0.25, 0.3) is 0 Å². The van der Waals surface area contributed by atoms with E-state index >= 15 is 0 Å². The van der Waals surface area contributed by atoms with E-state index in [-0.39, 0.29) is 29.7 Å². The Labute approximate surface area is 118 Å². The summed E-state index contributed by atoms with van der Waals surface area (Å²) in [4.78, 5) is 23.7. The van der Waals surface area contributed by atoms with E-state index < -0.39 is 0 Å². The van der Waals surface area contributed by atoms with Gasteiger partial charge in [0.2, 0.25) is 11.8 Å². The number of anilines is 1. The van der Waals surface area contributed by atoms with Gasteiger partial charge in [0.25, 0.3) is 0 Å². The first-order valence-corrected chi connectivity index (χ1v) is 6.62. The Kier molecular flexibility index (Phi) is 4.04. The fourth-order valence-electron chi connectivity index (χ4n) is 2.03. The third-order valence-electron chi connectivity index (χ3n) is 3.18. The molecular weight excluding hydrogens is 254 g/mol. The minimum atomic E-state index is -0.246. The van der Waals surface area contributed by atoms with E-state index in [9.17, 15) is 9.59 Å². The molecular formula is C15H17N3O2. The van der Waals surface area contributed by atoms with Crippen LogP contribution in [0.1, 0.15) is 25.8 Å². The molecule has 1 aromatic rings. The monoisotopic (exact) mass is 271 g/mol. The standard InChI is InChI=1S/C15H17N3O2/c1-9(2)17-14(19)12-7-13(12)15(20)18-11-5-3-10(8-16)4-6-11/h3-6,9,12-13H,7H2,1-2H3,(H,17,19)(H,18,20). The zero-order chi connectivity index (χ0) is 14.7. The maximum atomic E-state index is 12.0. The van der Waals surface area contributed by atoms with Gasteiger partial charge in [-0.25, -0.2) is 0 Å². The van der Waals surface area contributed by atoms with Crippen LogP contribution in [0.3, 0.4) is 0 Å². The Morgan fingerprint density at radius 1 is 1.20 bits per heavy atom. The van der Waals surface area contributed by atoms with Crippen molar-refractivity contribution in [2.45, 2.75) is 26.3 Å². The molecule has 1 fully saturated rings. The lowest BCUT2D eigenvalue weighted by molar-refractivity contribution is -0.125. The predicted octanol–water partition coefficient (Wildman–Crippen LogP) is 1.66. The maximum Gasteiger partial charge on any atom is 0.228 e. The Bertz CT molecular complexity index is 557. The average Bonchev–Trinajstić information content (AvgIpc) is 3.19. The number of nitrogens with one attached hydrogen (secondary N) is 2. The molecule has 0 aliphatic heterocycles. The summed E-state index contributed by atoms with van der Waals surface area (Å²) in [6.07, 6.45) is 0.598. The fourth-order valence-corrected chi connectivity index (χ4v) is 2.03. The molecule has 2 rings (SSSR count). The lowest BCUT2D eigenvalue weighted by atomic mass is 10.2. The van der Waals surface area contributed by atoms with E-state index in [1.807, 2.05) is 19.9 Å². The Hall–Kier alpha value is -2.35. The van der Waals surface area contributed by atoms with E-state index in [1.54, 1.807) is 24.3 Å². The molecule has 1 aliphatic carbocycles. The molecule has 104 valence electrons. The second kappa shape index (κ2) is 5.74. The highest BCUT2D eigenvalue weighted by molar-refractivity contribution is 5.99. The topological polar surface area (TPSA) is 82.0 Å². The Balaban J connectivity index is 1.87. The number of amides is 2. The predicted molar refractivity (Wildman–Crippen MR) is 74.7 cm³/mol. The summed E-state index contributed by atoms with van der Waals surface area (Å²) < 4.78 is 0. The molecule has 5 nitrogen and oxygen atoms in total. The summed E-state index contributed by atoms with van der Waals surface area (Å²) in [7, 11) is 0. The minimum absolute atomic E-state index is 0.0556. The first-order valence-electron chi connectivity index (χ1n) is 6.62. The number of carbonyl (C=O) groups excluding carboxylic acids is 2. The van der Waals surface area contributed by atoms with Gasteiger partial charge < -0.3 is 10.6 Å². The van der Waals surface area contributed by atoms with Gasteiger partial charge in [0.1, 0.15) is 0 Å². The molecule has 1 aromatic carbocycles. The van der Waals surface area contributed by atoms with Gasteiger partial charge in [-0.1, -0.05) is 0 Å². The highest BCUT2D eigenvalue weighted by atomic mass is 16.2. The molecule has 0 bridgehead atoms. The fraction of sp³-hybridized carbons (Fsp3) is 0.400. The summed E-state index contributed by atoms with van der Waals surface area (Å²) in [5, 5.41) is 14.3. The maximum absolute atomic E-state index is 12.0. The quantitative estimate of drug-likeness (QED) is 0.873. The van der Waals surface area contributed by atoms with E-state index in [2.05, 4.69) is 10.6 Å². The second-order valence-electron chi connectivity index (χ2n) is 5.29. The molecule has 0 aromatic heterocycles. The Morgan fingerprint density at radius 2 is 1.80 bits per heavy atom. The van der Waals surface area contributed by atoms with Crippen LogP contribution in [-0.2, 0) is 9.59 Å². The van der Waals surface area contributed by atoms with Gasteiger partial charge in [-0.05, 0) is 44.5 Å². The van der Waals surface area contributed by atoms with Gasteiger partial charge in [0.15, 0.2) is 0 Å². The lowest BCUT2D eigenvalue weighted by Crippen LogP contribution is -2.32. The molecule has 1 aliphatic rings. The molecule has 1 saturated carbocycles. The number of hydrogen-bond acceptors (Lipinski definition) is 3. The molecule has 2 N–H and O–H groups in total. The zero-order valence-electron chi connectivity index (χ0n) is 11.5. The van der Waals surface area contributed by atoms with Crippen LogP contribution in [0.4, 0.5) is 5.69 Å². The van der Waals surface area contributed by atoms with Crippen LogP contribution in [0.2, 0.25) is 0 Å². The first-order chi connectivity index (χ1) is 9.51. The number of nitrogens with zero attached hydrogens (tertiary/aromatic N) is 1.